The van der Waals surface area contributed by atoms with E-state index in [0.717, 1.165) is 11.1 Å². The van der Waals surface area contributed by atoms with Crippen molar-refractivity contribution in [2.75, 3.05) is 5.32 Å². The molecular weight excluding hydrogens is 441 g/mol. The van der Waals surface area contributed by atoms with Gasteiger partial charge in [0.2, 0.25) is 5.28 Å². The zero-order chi connectivity index (χ0) is 19.1. The second-order valence-corrected chi connectivity index (χ2v) is 8.11. The topological polar surface area (TPSA) is 62.5 Å². The van der Waals surface area contributed by atoms with Crippen LogP contribution in [-0.2, 0) is 12.0 Å². The third-order valence-corrected chi connectivity index (χ3v) is 6.03. The Morgan fingerprint density at radius 2 is 2.31 bits per heavy atom. The number of halogens is 3. The maximum Gasteiger partial charge on any atom is 0.243 e. The molecule has 0 amide bonds. The molecule has 0 aromatic carbocycles. The van der Waals surface area contributed by atoms with Gasteiger partial charge in [0.15, 0.2) is 13.7 Å². The first-order valence-corrected chi connectivity index (χ1v) is 9.96. The van der Waals surface area contributed by atoms with E-state index >= 15 is 0 Å². The van der Waals surface area contributed by atoms with Crippen LogP contribution in [-0.4, -0.2) is 33.7 Å². The van der Waals surface area contributed by atoms with Crippen molar-refractivity contribution in [3.8, 4) is 0 Å². The summed E-state index contributed by atoms with van der Waals surface area (Å²) in [5.74, 6) is 0.293. The van der Waals surface area contributed by atoms with Crippen LogP contribution in [0.15, 0.2) is 22.1 Å². The summed E-state index contributed by atoms with van der Waals surface area (Å²) in [6.45, 7) is 3.42. The summed E-state index contributed by atoms with van der Waals surface area (Å²) in [4.78, 5) is 4.73. The normalized spacial score (nSPS) is 15.2. The van der Waals surface area contributed by atoms with Crippen LogP contribution in [0.1, 0.15) is 29.3 Å². The number of alkyl halides is 1. The van der Waals surface area contributed by atoms with Gasteiger partial charge in [-0.2, -0.15) is 4.98 Å². The first-order chi connectivity index (χ1) is 12.2. The van der Waals surface area contributed by atoms with Gasteiger partial charge in [0, 0.05) is 4.88 Å². The van der Waals surface area contributed by atoms with Gasteiger partial charge in [-0.15, -0.1) is 16.4 Å². The highest BCUT2D eigenvalue weighted by Gasteiger charge is 2.27. The first kappa shape index (κ1) is 19.6. The SMILES string of the molecule is [B]C(O)(Nc1nc(Cl)nn2c(Br)c(CCC(C)F)c(C)c12)c1cccs1. The molecule has 0 saturated carbocycles. The Morgan fingerprint density at radius 1 is 1.58 bits per heavy atom. The largest absolute Gasteiger partial charge is 0.375 e. The number of fused-ring (bicyclic) bond motifs is 1. The molecule has 5 nitrogen and oxygen atoms in total. The third kappa shape index (κ3) is 3.76. The molecule has 3 rings (SSSR count). The number of anilines is 1. The summed E-state index contributed by atoms with van der Waals surface area (Å²) < 4.78 is 15.6. The van der Waals surface area contributed by atoms with Crippen LogP contribution in [0.2, 0.25) is 5.28 Å². The second-order valence-electron chi connectivity index (χ2n) is 6.07. The predicted molar refractivity (Wildman–Crippen MR) is 107 cm³/mol. The van der Waals surface area contributed by atoms with Gasteiger partial charge in [0.25, 0.3) is 0 Å². The molecule has 10 heteroatoms. The fraction of sp³-hybridized carbons (Fsp3) is 0.375. The van der Waals surface area contributed by atoms with Gasteiger partial charge in [0.05, 0.1) is 6.17 Å². The maximum absolute atomic E-state index is 13.3. The molecule has 3 heterocycles. The molecule has 26 heavy (non-hydrogen) atoms. The number of rotatable bonds is 6. The third-order valence-electron chi connectivity index (χ3n) is 4.06. The van der Waals surface area contributed by atoms with Crippen molar-refractivity contribution in [2.24, 2.45) is 0 Å². The van der Waals surface area contributed by atoms with Gasteiger partial charge in [-0.1, -0.05) is 6.07 Å². The number of aromatic nitrogens is 3. The van der Waals surface area contributed by atoms with Crippen molar-refractivity contribution in [3.05, 3.63) is 43.4 Å². The lowest BCUT2D eigenvalue weighted by atomic mass is 9.89. The smallest absolute Gasteiger partial charge is 0.243 e. The van der Waals surface area contributed by atoms with Crippen LogP contribution in [0.25, 0.3) is 5.52 Å². The monoisotopic (exact) mass is 456 g/mol. The van der Waals surface area contributed by atoms with Crippen molar-refractivity contribution < 1.29 is 9.50 Å². The Balaban J connectivity index is 2.09. The highest BCUT2D eigenvalue weighted by atomic mass is 79.9. The van der Waals surface area contributed by atoms with Crippen molar-refractivity contribution in [3.63, 3.8) is 0 Å². The van der Waals surface area contributed by atoms with Gasteiger partial charge in [-0.05, 0) is 76.8 Å². The molecule has 0 saturated heterocycles. The predicted octanol–water partition coefficient (Wildman–Crippen LogP) is 4.19. The molecule has 0 bridgehead atoms. The number of thiophene rings is 1. The fourth-order valence-electron chi connectivity index (χ4n) is 2.76. The second kappa shape index (κ2) is 7.46. The number of hydrogen-bond acceptors (Lipinski definition) is 5. The Hall–Kier alpha value is -1.16. The average Bonchev–Trinajstić information content (AvgIpc) is 3.15. The van der Waals surface area contributed by atoms with E-state index < -0.39 is 11.8 Å². The lowest BCUT2D eigenvalue weighted by Gasteiger charge is -2.25. The van der Waals surface area contributed by atoms with E-state index in [-0.39, 0.29) is 5.28 Å². The molecule has 0 aliphatic heterocycles. The van der Waals surface area contributed by atoms with Crippen LogP contribution in [0.5, 0.6) is 0 Å². The Labute approximate surface area is 169 Å². The molecule has 3 aromatic heterocycles. The van der Waals surface area contributed by atoms with E-state index in [1.165, 1.54) is 18.3 Å². The standard InChI is InChI=1S/C16H16BBrClFN4OS/c1-8(20)5-6-10-9(2)12-14(21-15(19)23-24(12)13(10)18)22-16(17,25)11-4-3-7-26-11/h3-4,7-8,25H,5-6H2,1-2H3,(H,21,22,23). The Morgan fingerprint density at radius 3 is 2.92 bits per heavy atom. The molecule has 0 fully saturated rings. The minimum atomic E-state index is -1.82. The van der Waals surface area contributed by atoms with Crippen LogP contribution in [0, 0.1) is 6.92 Å². The molecule has 2 N–H and O–H groups in total. The van der Waals surface area contributed by atoms with E-state index in [1.54, 1.807) is 16.6 Å². The average molecular weight is 458 g/mol. The summed E-state index contributed by atoms with van der Waals surface area (Å²) in [7, 11) is 6.03. The van der Waals surface area contributed by atoms with Gasteiger partial charge in [-0.3, -0.25) is 0 Å². The number of aliphatic hydroxyl groups is 1. The lowest BCUT2D eigenvalue weighted by Crippen LogP contribution is -2.35. The molecule has 2 radical (unpaired) electrons. The van der Waals surface area contributed by atoms with Gasteiger partial charge in [0.1, 0.15) is 15.7 Å². The zero-order valence-electron chi connectivity index (χ0n) is 14.1. The Kier molecular flexibility index (Phi) is 5.62. The fourth-order valence-corrected chi connectivity index (χ4v) is 4.37. The number of nitrogens with one attached hydrogen (secondary N) is 1. The molecule has 136 valence electrons. The van der Waals surface area contributed by atoms with E-state index in [1.807, 2.05) is 12.3 Å². The summed E-state index contributed by atoms with van der Waals surface area (Å²) >= 11 is 10.9. The Bertz CT molecular complexity index is 932. The molecule has 0 aliphatic rings. The maximum atomic E-state index is 13.3. The van der Waals surface area contributed by atoms with E-state index in [4.69, 9.17) is 19.4 Å². The molecule has 0 spiro atoms. The summed E-state index contributed by atoms with van der Waals surface area (Å²) in [6.07, 6.45) is 0.00280. The highest BCUT2D eigenvalue weighted by molar-refractivity contribution is 9.10. The number of hydrogen-bond donors (Lipinski definition) is 2. The molecule has 2 atom stereocenters. The summed E-state index contributed by atoms with van der Waals surface area (Å²) in [5.41, 5.74) is 0.566. The molecule has 2 unspecified atom stereocenters. The molecule has 3 aromatic rings. The van der Waals surface area contributed by atoms with E-state index in [9.17, 15) is 9.50 Å². The van der Waals surface area contributed by atoms with Crippen LogP contribution in [0.4, 0.5) is 10.2 Å². The van der Waals surface area contributed by atoms with E-state index in [2.05, 4.69) is 31.3 Å². The van der Waals surface area contributed by atoms with Gasteiger partial charge < -0.3 is 10.4 Å². The minimum absolute atomic E-state index is 0.0110. The van der Waals surface area contributed by atoms with Crippen LogP contribution in [0.3, 0.4) is 0 Å². The quantitative estimate of drug-likeness (QED) is 0.431. The molecular formula is C16H16BBrClFN4OS. The summed E-state index contributed by atoms with van der Waals surface area (Å²) in [5, 5.41) is 19.5. The zero-order valence-corrected chi connectivity index (χ0v) is 17.3. The first-order valence-electron chi connectivity index (χ1n) is 7.91. The van der Waals surface area contributed by atoms with Crippen molar-refractivity contribution >= 4 is 58.0 Å². The van der Waals surface area contributed by atoms with Crippen molar-refractivity contribution in [2.45, 2.75) is 38.5 Å². The van der Waals surface area contributed by atoms with E-state index in [0.29, 0.717) is 33.7 Å². The highest BCUT2D eigenvalue weighted by Crippen LogP contribution is 2.34. The van der Waals surface area contributed by atoms with Crippen molar-refractivity contribution in [1.29, 1.82) is 0 Å². The molecule has 0 aliphatic carbocycles. The number of aryl methyl sites for hydroxylation is 1. The lowest BCUT2D eigenvalue weighted by molar-refractivity contribution is 0.163. The van der Waals surface area contributed by atoms with Gasteiger partial charge >= 0.3 is 0 Å². The summed E-state index contributed by atoms with van der Waals surface area (Å²) in [6, 6.07) is 3.50. The van der Waals surface area contributed by atoms with Gasteiger partial charge in [-0.25, -0.2) is 8.91 Å². The van der Waals surface area contributed by atoms with Crippen molar-refractivity contribution in [1.82, 2.24) is 14.6 Å². The van der Waals surface area contributed by atoms with Crippen LogP contribution >= 0.6 is 38.9 Å². The number of nitrogens with zero attached hydrogens (tertiary/aromatic N) is 3. The van der Waals surface area contributed by atoms with Crippen LogP contribution < -0.4 is 5.32 Å². The minimum Gasteiger partial charge on any atom is -0.375 e.